The van der Waals surface area contributed by atoms with Crippen LogP contribution >= 0.6 is 11.3 Å². The number of nitrogens with one attached hydrogen (secondary N) is 1. The van der Waals surface area contributed by atoms with Crippen molar-refractivity contribution in [2.45, 2.75) is 31.8 Å². The van der Waals surface area contributed by atoms with Gasteiger partial charge in [0.25, 0.3) is 0 Å². The molecule has 22 heavy (non-hydrogen) atoms. The maximum Gasteiger partial charge on any atom is 0.318 e. The molecule has 2 aliphatic rings. The summed E-state index contributed by atoms with van der Waals surface area (Å²) in [5.41, 5.74) is 0. The minimum atomic E-state index is 0.0802. The van der Waals surface area contributed by atoms with Gasteiger partial charge in [-0.2, -0.15) is 0 Å². The van der Waals surface area contributed by atoms with Gasteiger partial charge in [0.15, 0.2) is 0 Å². The normalized spacial score (nSPS) is 24.4. The number of carbonyl (C=O) groups excluding carboxylic acids is 1. The standard InChI is InChI=1S/C16H25N3O2S/c1-13(12-18-7-9-21-10-8-18)17-16(20)19-6-2-4-14(19)15-5-3-11-22-15/h3,5,11,13-14H,2,4,6-10,12H2,1H3,(H,17,20)/t13-,14+/m0/s1. The molecule has 1 aromatic rings. The van der Waals surface area contributed by atoms with E-state index in [-0.39, 0.29) is 18.1 Å². The zero-order chi connectivity index (χ0) is 15.4. The fourth-order valence-corrected chi connectivity index (χ4v) is 4.17. The van der Waals surface area contributed by atoms with Crippen molar-refractivity contribution in [3.63, 3.8) is 0 Å². The van der Waals surface area contributed by atoms with Gasteiger partial charge in [0.05, 0.1) is 19.3 Å². The first-order valence-corrected chi connectivity index (χ1v) is 9.02. The SMILES string of the molecule is C[C@@H](CN1CCOCC1)NC(=O)N1CCC[C@@H]1c1cccs1. The summed E-state index contributed by atoms with van der Waals surface area (Å²) in [6.07, 6.45) is 2.17. The largest absolute Gasteiger partial charge is 0.379 e. The van der Waals surface area contributed by atoms with Crippen molar-refractivity contribution in [1.29, 1.82) is 0 Å². The first-order valence-electron chi connectivity index (χ1n) is 8.14. The molecule has 5 nitrogen and oxygen atoms in total. The van der Waals surface area contributed by atoms with Gasteiger partial charge in [-0.15, -0.1) is 11.3 Å². The highest BCUT2D eigenvalue weighted by molar-refractivity contribution is 7.10. The van der Waals surface area contributed by atoms with Crippen molar-refractivity contribution < 1.29 is 9.53 Å². The third-order valence-electron chi connectivity index (χ3n) is 4.39. The fourth-order valence-electron chi connectivity index (χ4n) is 3.30. The number of hydrogen-bond acceptors (Lipinski definition) is 4. The molecule has 1 N–H and O–H groups in total. The van der Waals surface area contributed by atoms with E-state index in [4.69, 9.17) is 4.74 Å². The molecule has 0 saturated carbocycles. The first kappa shape index (κ1) is 15.8. The summed E-state index contributed by atoms with van der Waals surface area (Å²) in [5, 5.41) is 5.26. The number of carbonyl (C=O) groups is 1. The molecule has 1 aromatic heterocycles. The highest BCUT2D eigenvalue weighted by atomic mass is 32.1. The van der Waals surface area contributed by atoms with E-state index in [0.717, 1.165) is 52.2 Å². The molecular formula is C16H25N3O2S. The highest BCUT2D eigenvalue weighted by Gasteiger charge is 2.31. The van der Waals surface area contributed by atoms with Gasteiger partial charge in [-0.3, -0.25) is 4.90 Å². The predicted octanol–water partition coefficient (Wildman–Crippen LogP) is 2.32. The summed E-state index contributed by atoms with van der Waals surface area (Å²) in [6.45, 7) is 7.36. The minimum Gasteiger partial charge on any atom is -0.379 e. The Balaban J connectivity index is 1.52. The molecule has 0 aromatic carbocycles. The Bertz CT molecular complexity index is 474. The number of nitrogens with zero attached hydrogens (tertiary/aromatic N) is 2. The lowest BCUT2D eigenvalue weighted by atomic mass is 10.2. The van der Waals surface area contributed by atoms with Crippen LogP contribution in [-0.4, -0.2) is 61.3 Å². The summed E-state index contributed by atoms with van der Waals surface area (Å²) < 4.78 is 5.36. The lowest BCUT2D eigenvalue weighted by Gasteiger charge is -2.31. The highest BCUT2D eigenvalue weighted by Crippen LogP contribution is 2.34. The van der Waals surface area contributed by atoms with Gasteiger partial charge >= 0.3 is 6.03 Å². The van der Waals surface area contributed by atoms with Crippen molar-refractivity contribution in [2.75, 3.05) is 39.4 Å². The second-order valence-electron chi connectivity index (χ2n) is 6.13. The van der Waals surface area contributed by atoms with Crippen molar-refractivity contribution in [1.82, 2.24) is 15.1 Å². The molecule has 3 heterocycles. The fraction of sp³-hybridized carbons (Fsp3) is 0.688. The topological polar surface area (TPSA) is 44.8 Å². The zero-order valence-corrected chi connectivity index (χ0v) is 14.0. The van der Waals surface area contributed by atoms with E-state index in [0.29, 0.717) is 0 Å². The molecule has 0 bridgehead atoms. The van der Waals surface area contributed by atoms with Crippen LogP contribution in [0.15, 0.2) is 17.5 Å². The lowest BCUT2D eigenvalue weighted by Crippen LogP contribution is -2.49. The molecule has 0 spiro atoms. The van der Waals surface area contributed by atoms with Gasteiger partial charge in [0.2, 0.25) is 0 Å². The van der Waals surface area contributed by atoms with Crippen LogP contribution in [0.1, 0.15) is 30.7 Å². The van der Waals surface area contributed by atoms with Crippen LogP contribution in [-0.2, 0) is 4.74 Å². The second kappa shape index (κ2) is 7.44. The molecule has 3 rings (SSSR count). The molecule has 2 fully saturated rings. The summed E-state index contributed by atoms with van der Waals surface area (Å²) in [6, 6.07) is 4.70. The van der Waals surface area contributed by atoms with E-state index in [9.17, 15) is 4.79 Å². The van der Waals surface area contributed by atoms with Crippen LogP contribution in [0, 0.1) is 0 Å². The van der Waals surface area contributed by atoms with E-state index in [1.807, 2.05) is 4.90 Å². The van der Waals surface area contributed by atoms with Crippen LogP contribution in [0.2, 0.25) is 0 Å². The monoisotopic (exact) mass is 323 g/mol. The molecule has 2 saturated heterocycles. The number of ether oxygens (including phenoxy) is 1. The molecule has 2 atom stereocenters. The van der Waals surface area contributed by atoms with Gasteiger partial charge in [-0.05, 0) is 31.2 Å². The number of morpholine rings is 1. The Morgan fingerprint density at radius 3 is 3.00 bits per heavy atom. The summed E-state index contributed by atoms with van der Waals surface area (Å²) in [5.74, 6) is 0. The minimum absolute atomic E-state index is 0.0802. The average Bonchev–Trinajstić information content (AvgIpc) is 3.19. The average molecular weight is 323 g/mol. The zero-order valence-electron chi connectivity index (χ0n) is 13.2. The van der Waals surface area contributed by atoms with Gasteiger partial charge in [0.1, 0.15) is 0 Å². The quantitative estimate of drug-likeness (QED) is 0.925. The molecule has 2 amide bonds. The van der Waals surface area contributed by atoms with E-state index in [1.165, 1.54) is 4.88 Å². The number of rotatable bonds is 4. The molecule has 6 heteroatoms. The summed E-state index contributed by atoms with van der Waals surface area (Å²) in [4.78, 5) is 18.2. The Labute approximate surface area is 136 Å². The van der Waals surface area contributed by atoms with E-state index >= 15 is 0 Å². The van der Waals surface area contributed by atoms with Crippen LogP contribution < -0.4 is 5.32 Å². The Morgan fingerprint density at radius 1 is 1.45 bits per heavy atom. The van der Waals surface area contributed by atoms with Gasteiger partial charge < -0.3 is 15.0 Å². The maximum absolute atomic E-state index is 12.6. The maximum atomic E-state index is 12.6. The molecule has 0 unspecified atom stereocenters. The van der Waals surface area contributed by atoms with E-state index < -0.39 is 0 Å². The third-order valence-corrected chi connectivity index (χ3v) is 5.36. The number of amides is 2. The van der Waals surface area contributed by atoms with Crippen molar-refractivity contribution >= 4 is 17.4 Å². The summed E-state index contributed by atoms with van der Waals surface area (Å²) in [7, 11) is 0. The second-order valence-corrected chi connectivity index (χ2v) is 7.11. The van der Waals surface area contributed by atoms with Crippen LogP contribution in [0.25, 0.3) is 0 Å². The third kappa shape index (κ3) is 3.80. The Kier molecular flexibility index (Phi) is 5.33. The predicted molar refractivity (Wildman–Crippen MR) is 88.3 cm³/mol. The smallest absolute Gasteiger partial charge is 0.318 e. The van der Waals surface area contributed by atoms with Crippen LogP contribution in [0.5, 0.6) is 0 Å². The Morgan fingerprint density at radius 2 is 2.27 bits per heavy atom. The number of likely N-dealkylation sites (tertiary alicyclic amines) is 1. The van der Waals surface area contributed by atoms with Gasteiger partial charge in [-0.1, -0.05) is 6.07 Å². The van der Waals surface area contributed by atoms with Gasteiger partial charge in [0, 0.05) is 37.1 Å². The molecule has 122 valence electrons. The molecular weight excluding hydrogens is 298 g/mol. The van der Waals surface area contributed by atoms with Crippen molar-refractivity contribution in [2.24, 2.45) is 0 Å². The van der Waals surface area contributed by atoms with E-state index in [2.05, 4.69) is 34.7 Å². The number of urea groups is 1. The first-order chi connectivity index (χ1) is 10.7. The lowest BCUT2D eigenvalue weighted by molar-refractivity contribution is 0.0346. The van der Waals surface area contributed by atoms with Crippen LogP contribution in [0.3, 0.4) is 0 Å². The molecule has 0 radical (unpaired) electrons. The number of thiophene rings is 1. The molecule has 0 aliphatic carbocycles. The number of hydrogen-bond donors (Lipinski definition) is 1. The Hall–Kier alpha value is -1.11. The van der Waals surface area contributed by atoms with Crippen molar-refractivity contribution in [3.8, 4) is 0 Å². The molecule has 2 aliphatic heterocycles. The van der Waals surface area contributed by atoms with Crippen molar-refractivity contribution in [3.05, 3.63) is 22.4 Å². The van der Waals surface area contributed by atoms with Gasteiger partial charge in [-0.25, -0.2) is 4.79 Å². The van der Waals surface area contributed by atoms with Crippen LogP contribution in [0.4, 0.5) is 4.79 Å². The van der Waals surface area contributed by atoms with E-state index in [1.54, 1.807) is 11.3 Å². The summed E-state index contributed by atoms with van der Waals surface area (Å²) >= 11 is 1.74.